The first-order valence-electron chi connectivity index (χ1n) is 8.35. The molecule has 1 aliphatic heterocycles. The van der Waals surface area contributed by atoms with Gasteiger partial charge in [-0.25, -0.2) is 0 Å². The molecule has 1 unspecified atom stereocenters. The summed E-state index contributed by atoms with van der Waals surface area (Å²) in [6.07, 6.45) is 2.21. The minimum atomic E-state index is -0.164. The van der Waals surface area contributed by atoms with E-state index in [9.17, 15) is 4.79 Å². The summed E-state index contributed by atoms with van der Waals surface area (Å²) < 4.78 is 11.4. The molecule has 0 bridgehead atoms. The van der Waals surface area contributed by atoms with Crippen LogP contribution >= 0.6 is 0 Å². The zero-order valence-electron chi connectivity index (χ0n) is 14.2. The molecule has 0 saturated carbocycles. The Hall–Kier alpha value is -2.33. The number of benzene rings is 2. The monoisotopic (exact) mass is 325 g/mol. The number of carbonyl (C=O) groups excluding carboxylic acids is 1. The Balaban J connectivity index is 1.71. The molecule has 1 amide bonds. The highest BCUT2D eigenvalue weighted by atomic mass is 16.5. The van der Waals surface area contributed by atoms with Gasteiger partial charge < -0.3 is 14.8 Å². The van der Waals surface area contributed by atoms with Crippen LogP contribution in [0.15, 0.2) is 42.5 Å². The standard InChI is InChI=1S/C20H23NO3/c1-14-10-15(2)12-16(11-14)21-20(22)18-7-3-4-8-19(18)24-13-17-6-5-9-23-17/h3-4,7-8,10-12,17H,5-6,9,13H2,1-2H3,(H,21,22). The van der Waals surface area contributed by atoms with E-state index in [1.54, 1.807) is 6.07 Å². The Kier molecular flexibility index (Phi) is 5.16. The highest BCUT2D eigenvalue weighted by Crippen LogP contribution is 2.22. The first-order valence-corrected chi connectivity index (χ1v) is 8.35. The van der Waals surface area contributed by atoms with Crippen molar-refractivity contribution in [3.8, 4) is 5.75 Å². The lowest BCUT2D eigenvalue weighted by atomic mass is 10.1. The minimum absolute atomic E-state index is 0.125. The Morgan fingerprint density at radius 1 is 1.21 bits per heavy atom. The Morgan fingerprint density at radius 2 is 1.96 bits per heavy atom. The number of anilines is 1. The van der Waals surface area contributed by atoms with Crippen molar-refractivity contribution >= 4 is 11.6 Å². The van der Waals surface area contributed by atoms with Crippen LogP contribution in [0.1, 0.15) is 34.3 Å². The number of carbonyl (C=O) groups is 1. The quantitative estimate of drug-likeness (QED) is 0.900. The lowest BCUT2D eigenvalue weighted by molar-refractivity contribution is 0.0673. The van der Waals surface area contributed by atoms with Crippen molar-refractivity contribution in [2.45, 2.75) is 32.8 Å². The SMILES string of the molecule is Cc1cc(C)cc(NC(=O)c2ccccc2OCC2CCCO2)c1. The summed E-state index contributed by atoms with van der Waals surface area (Å²) in [5, 5.41) is 2.96. The van der Waals surface area contributed by atoms with Crippen molar-refractivity contribution in [1.29, 1.82) is 0 Å². The molecule has 0 radical (unpaired) electrons. The molecule has 1 N–H and O–H groups in total. The van der Waals surface area contributed by atoms with Crippen molar-refractivity contribution in [3.05, 3.63) is 59.2 Å². The molecule has 0 spiro atoms. The van der Waals surface area contributed by atoms with E-state index in [-0.39, 0.29) is 12.0 Å². The summed E-state index contributed by atoms with van der Waals surface area (Å²) >= 11 is 0. The summed E-state index contributed by atoms with van der Waals surface area (Å²) in [6, 6.07) is 13.3. The van der Waals surface area contributed by atoms with Crippen molar-refractivity contribution in [1.82, 2.24) is 0 Å². The van der Waals surface area contributed by atoms with Crippen LogP contribution < -0.4 is 10.1 Å². The molecule has 1 saturated heterocycles. The van der Waals surface area contributed by atoms with Crippen LogP contribution in [-0.4, -0.2) is 25.2 Å². The summed E-state index contributed by atoms with van der Waals surface area (Å²) in [5.74, 6) is 0.429. The predicted molar refractivity (Wildman–Crippen MR) is 94.8 cm³/mol. The molecule has 126 valence electrons. The van der Waals surface area contributed by atoms with Crippen molar-refractivity contribution in [2.75, 3.05) is 18.5 Å². The molecular weight excluding hydrogens is 302 g/mol. The van der Waals surface area contributed by atoms with Gasteiger partial charge in [-0.05, 0) is 62.1 Å². The summed E-state index contributed by atoms with van der Waals surface area (Å²) in [7, 11) is 0. The van der Waals surface area contributed by atoms with Crippen LogP contribution in [0, 0.1) is 13.8 Å². The number of hydrogen-bond donors (Lipinski definition) is 1. The van der Waals surface area contributed by atoms with Crippen LogP contribution in [-0.2, 0) is 4.74 Å². The third kappa shape index (κ3) is 4.15. The third-order valence-corrected chi connectivity index (χ3v) is 4.06. The summed E-state index contributed by atoms with van der Waals surface area (Å²) in [4.78, 5) is 12.6. The number of nitrogens with one attached hydrogen (secondary N) is 1. The fourth-order valence-corrected chi connectivity index (χ4v) is 2.98. The Labute approximate surface area is 142 Å². The summed E-state index contributed by atoms with van der Waals surface area (Å²) in [5.41, 5.74) is 3.57. The first kappa shape index (κ1) is 16.5. The molecule has 1 heterocycles. The van der Waals surface area contributed by atoms with Crippen LogP contribution in [0.3, 0.4) is 0 Å². The third-order valence-electron chi connectivity index (χ3n) is 4.06. The van der Waals surface area contributed by atoms with Crippen molar-refractivity contribution in [3.63, 3.8) is 0 Å². The van der Waals surface area contributed by atoms with Crippen LogP contribution in [0.25, 0.3) is 0 Å². The number of para-hydroxylation sites is 1. The van der Waals surface area contributed by atoms with Gasteiger partial charge in [0, 0.05) is 12.3 Å². The van der Waals surface area contributed by atoms with E-state index in [1.165, 1.54) is 0 Å². The molecule has 24 heavy (non-hydrogen) atoms. The Morgan fingerprint density at radius 3 is 2.67 bits per heavy atom. The molecule has 4 heteroatoms. The molecule has 2 aromatic rings. The predicted octanol–water partition coefficient (Wildman–Crippen LogP) is 4.11. The molecule has 0 aliphatic carbocycles. The van der Waals surface area contributed by atoms with Gasteiger partial charge in [0.2, 0.25) is 0 Å². The van der Waals surface area contributed by atoms with E-state index in [0.29, 0.717) is 17.9 Å². The van der Waals surface area contributed by atoms with E-state index >= 15 is 0 Å². The molecule has 2 aromatic carbocycles. The van der Waals surface area contributed by atoms with E-state index in [4.69, 9.17) is 9.47 Å². The second kappa shape index (κ2) is 7.49. The fourth-order valence-electron chi connectivity index (χ4n) is 2.98. The van der Waals surface area contributed by atoms with E-state index < -0.39 is 0 Å². The van der Waals surface area contributed by atoms with Gasteiger partial charge in [0.25, 0.3) is 5.91 Å². The number of hydrogen-bond acceptors (Lipinski definition) is 3. The topological polar surface area (TPSA) is 47.6 Å². The minimum Gasteiger partial charge on any atom is -0.490 e. The molecule has 4 nitrogen and oxygen atoms in total. The smallest absolute Gasteiger partial charge is 0.259 e. The van der Waals surface area contributed by atoms with Gasteiger partial charge in [-0.3, -0.25) is 4.79 Å². The van der Waals surface area contributed by atoms with Gasteiger partial charge in [-0.2, -0.15) is 0 Å². The van der Waals surface area contributed by atoms with Crippen molar-refractivity contribution in [2.24, 2.45) is 0 Å². The first-order chi connectivity index (χ1) is 11.6. The van der Waals surface area contributed by atoms with Gasteiger partial charge in [0.15, 0.2) is 0 Å². The zero-order chi connectivity index (χ0) is 16.9. The maximum atomic E-state index is 12.6. The molecule has 3 rings (SSSR count). The number of aryl methyl sites for hydroxylation is 2. The fraction of sp³-hybridized carbons (Fsp3) is 0.350. The van der Waals surface area contributed by atoms with Crippen molar-refractivity contribution < 1.29 is 14.3 Å². The van der Waals surface area contributed by atoms with Gasteiger partial charge in [0.1, 0.15) is 12.4 Å². The van der Waals surface area contributed by atoms with Gasteiger partial charge >= 0.3 is 0 Å². The van der Waals surface area contributed by atoms with E-state index in [0.717, 1.165) is 36.3 Å². The van der Waals surface area contributed by atoms with Gasteiger partial charge in [-0.15, -0.1) is 0 Å². The largest absolute Gasteiger partial charge is 0.490 e. The molecule has 1 aliphatic rings. The average Bonchev–Trinajstić information content (AvgIpc) is 3.05. The highest BCUT2D eigenvalue weighted by molar-refractivity contribution is 6.06. The second-order valence-corrected chi connectivity index (χ2v) is 6.27. The molecular formula is C20H23NO3. The zero-order valence-corrected chi connectivity index (χ0v) is 14.2. The Bertz CT molecular complexity index is 700. The number of amides is 1. The van der Waals surface area contributed by atoms with Gasteiger partial charge in [-0.1, -0.05) is 18.2 Å². The lowest BCUT2D eigenvalue weighted by Crippen LogP contribution is -2.19. The van der Waals surface area contributed by atoms with E-state index in [2.05, 4.69) is 11.4 Å². The average molecular weight is 325 g/mol. The molecule has 1 fully saturated rings. The van der Waals surface area contributed by atoms with E-state index in [1.807, 2.05) is 44.2 Å². The maximum Gasteiger partial charge on any atom is 0.259 e. The molecule has 1 atom stereocenters. The number of rotatable bonds is 5. The number of ether oxygens (including phenoxy) is 2. The molecule has 0 aromatic heterocycles. The van der Waals surface area contributed by atoms with Crippen LogP contribution in [0.2, 0.25) is 0 Å². The second-order valence-electron chi connectivity index (χ2n) is 6.27. The maximum absolute atomic E-state index is 12.6. The lowest BCUT2D eigenvalue weighted by Gasteiger charge is -2.15. The highest BCUT2D eigenvalue weighted by Gasteiger charge is 2.18. The normalized spacial score (nSPS) is 16.8. The summed E-state index contributed by atoms with van der Waals surface area (Å²) in [6.45, 7) is 5.30. The van der Waals surface area contributed by atoms with Crippen LogP contribution in [0.4, 0.5) is 5.69 Å². The van der Waals surface area contributed by atoms with Gasteiger partial charge in [0.05, 0.1) is 11.7 Å². The van der Waals surface area contributed by atoms with Crippen LogP contribution in [0.5, 0.6) is 5.75 Å².